The molecule has 2 fully saturated rings. The second kappa shape index (κ2) is 10.1. The van der Waals surface area contributed by atoms with Crippen molar-refractivity contribution in [3.05, 3.63) is 0 Å². The van der Waals surface area contributed by atoms with Crippen molar-refractivity contribution in [2.75, 3.05) is 52.9 Å². The predicted octanol–water partition coefficient (Wildman–Crippen LogP) is -0.653. The first-order valence-electron chi connectivity index (χ1n) is 8.84. The number of rotatable bonds is 8. The Morgan fingerprint density at radius 1 is 1.08 bits per heavy atom. The Morgan fingerprint density at radius 3 is 2.38 bits per heavy atom. The number of hydrogen-bond acceptors (Lipinski definition) is 8. The normalized spacial score (nSPS) is 18.9. The molecule has 2 heterocycles. The van der Waals surface area contributed by atoms with E-state index in [0.29, 0.717) is 11.7 Å². The second-order valence-electron chi connectivity index (χ2n) is 6.36. The minimum absolute atomic E-state index is 0.00630. The molecular formula is C16H26N4O6. The van der Waals surface area contributed by atoms with Crippen LogP contribution >= 0.6 is 0 Å². The highest BCUT2D eigenvalue weighted by atomic mass is 16.7. The van der Waals surface area contributed by atoms with Crippen molar-refractivity contribution < 1.29 is 28.8 Å². The largest absolute Gasteiger partial charge is 0.450 e. The molecule has 3 amide bonds. The van der Waals surface area contributed by atoms with Gasteiger partial charge in [-0.1, -0.05) is 0 Å². The zero-order valence-electron chi connectivity index (χ0n) is 15.1. The summed E-state index contributed by atoms with van der Waals surface area (Å²) in [7, 11) is 2.10. The Morgan fingerprint density at radius 2 is 1.73 bits per heavy atom. The number of hydrogen-bond donors (Lipinski definition) is 1. The van der Waals surface area contributed by atoms with Crippen molar-refractivity contribution in [2.24, 2.45) is 0 Å². The topological polar surface area (TPSA) is 108 Å². The van der Waals surface area contributed by atoms with Crippen LogP contribution in [0, 0.1) is 0 Å². The van der Waals surface area contributed by atoms with Crippen molar-refractivity contribution in [1.29, 1.82) is 0 Å². The summed E-state index contributed by atoms with van der Waals surface area (Å²) in [5.41, 5.74) is 0. The third-order valence-electron chi connectivity index (χ3n) is 4.25. The van der Waals surface area contributed by atoms with Crippen molar-refractivity contribution in [3.8, 4) is 0 Å². The van der Waals surface area contributed by atoms with Crippen molar-refractivity contribution in [1.82, 2.24) is 20.2 Å². The van der Waals surface area contributed by atoms with Gasteiger partial charge in [0.15, 0.2) is 0 Å². The van der Waals surface area contributed by atoms with Gasteiger partial charge in [-0.3, -0.25) is 9.59 Å². The van der Waals surface area contributed by atoms with Crippen LogP contribution in [0.4, 0.5) is 4.79 Å². The molecule has 0 spiro atoms. The number of hydroxylamine groups is 2. The summed E-state index contributed by atoms with van der Waals surface area (Å²) in [5, 5.41) is 2.92. The van der Waals surface area contributed by atoms with Crippen LogP contribution in [-0.4, -0.2) is 91.7 Å². The van der Waals surface area contributed by atoms with Crippen LogP contribution in [-0.2, 0) is 24.0 Å². The van der Waals surface area contributed by atoms with Crippen molar-refractivity contribution >= 4 is 23.9 Å². The fourth-order valence-corrected chi connectivity index (χ4v) is 2.65. The molecule has 0 aliphatic carbocycles. The molecule has 2 aliphatic rings. The Labute approximate surface area is 152 Å². The van der Waals surface area contributed by atoms with E-state index in [2.05, 4.69) is 27.0 Å². The molecule has 0 aromatic heterocycles. The van der Waals surface area contributed by atoms with E-state index in [4.69, 9.17) is 4.74 Å². The summed E-state index contributed by atoms with van der Waals surface area (Å²) < 4.78 is 5.05. The van der Waals surface area contributed by atoms with Gasteiger partial charge < -0.3 is 24.7 Å². The van der Waals surface area contributed by atoms with E-state index in [-0.39, 0.29) is 25.8 Å². The Kier molecular flexibility index (Phi) is 7.79. The van der Waals surface area contributed by atoms with Crippen LogP contribution in [0.25, 0.3) is 0 Å². The molecular weight excluding hydrogens is 344 g/mol. The number of ether oxygens (including phenoxy) is 1. The summed E-state index contributed by atoms with van der Waals surface area (Å²) in [6.45, 7) is 5.33. The lowest BCUT2D eigenvalue weighted by Crippen LogP contribution is -2.44. The lowest BCUT2D eigenvalue weighted by Gasteiger charge is -2.32. The van der Waals surface area contributed by atoms with Gasteiger partial charge in [0, 0.05) is 52.1 Å². The zero-order valence-corrected chi connectivity index (χ0v) is 15.1. The van der Waals surface area contributed by atoms with Gasteiger partial charge in [-0.25, -0.2) is 9.59 Å². The molecule has 26 heavy (non-hydrogen) atoms. The van der Waals surface area contributed by atoms with E-state index in [1.165, 1.54) is 0 Å². The molecule has 0 saturated carbocycles. The maximum absolute atomic E-state index is 11.6. The third-order valence-corrected chi connectivity index (χ3v) is 4.25. The minimum atomic E-state index is -0.760. The molecule has 2 aliphatic heterocycles. The molecule has 0 radical (unpaired) electrons. The first-order valence-corrected chi connectivity index (χ1v) is 8.84. The number of imide groups is 1. The third kappa shape index (κ3) is 6.60. The van der Waals surface area contributed by atoms with Crippen LogP contribution in [0.1, 0.15) is 25.7 Å². The van der Waals surface area contributed by atoms with E-state index in [9.17, 15) is 19.2 Å². The van der Waals surface area contributed by atoms with Crippen LogP contribution in [0.5, 0.6) is 0 Å². The number of carbonyl (C=O) groups is 4. The SMILES string of the molecule is CN1CCN(CCCOC(=O)NCCC(=O)ON2C(=O)CCC2=O)CC1. The number of likely N-dealkylation sites (N-methyl/N-ethyl adjacent to an activating group) is 1. The van der Waals surface area contributed by atoms with Gasteiger partial charge >= 0.3 is 12.1 Å². The van der Waals surface area contributed by atoms with E-state index in [1.54, 1.807) is 0 Å². The smallest absolute Gasteiger partial charge is 0.407 e. The van der Waals surface area contributed by atoms with Crippen LogP contribution in [0.2, 0.25) is 0 Å². The van der Waals surface area contributed by atoms with Gasteiger partial charge in [-0.05, 0) is 13.5 Å². The van der Waals surface area contributed by atoms with Crippen molar-refractivity contribution in [3.63, 3.8) is 0 Å². The number of alkyl carbamates (subject to hydrolysis) is 1. The van der Waals surface area contributed by atoms with Gasteiger partial charge in [0.25, 0.3) is 11.8 Å². The van der Waals surface area contributed by atoms with E-state index >= 15 is 0 Å². The Balaban J connectivity index is 1.49. The fraction of sp³-hybridized carbons (Fsp3) is 0.750. The van der Waals surface area contributed by atoms with E-state index in [0.717, 1.165) is 39.1 Å². The highest BCUT2D eigenvalue weighted by Gasteiger charge is 2.32. The molecule has 2 rings (SSSR count). The van der Waals surface area contributed by atoms with E-state index in [1.807, 2.05) is 0 Å². The summed E-state index contributed by atoms with van der Waals surface area (Å²) in [5.74, 6) is -1.82. The van der Waals surface area contributed by atoms with Gasteiger partial charge in [0.1, 0.15) is 0 Å². The Bertz CT molecular complexity index is 517. The minimum Gasteiger partial charge on any atom is -0.450 e. The van der Waals surface area contributed by atoms with Gasteiger partial charge in [-0.2, -0.15) is 0 Å². The fourth-order valence-electron chi connectivity index (χ4n) is 2.65. The molecule has 10 heteroatoms. The highest BCUT2D eigenvalue weighted by molar-refractivity contribution is 6.01. The van der Waals surface area contributed by atoms with Crippen LogP contribution in [0.3, 0.4) is 0 Å². The molecule has 0 bridgehead atoms. The van der Waals surface area contributed by atoms with Gasteiger partial charge in [0.05, 0.1) is 13.0 Å². The quantitative estimate of drug-likeness (QED) is 0.443. The first kappa shape index (κ1) is 20.1. The average molecular weight is 370 g/mol. The molecule has 0 aromatic carbocycles. The number of nitrogens with zero attached hydrogens (tertiary/aromatic N) is 3. The monoisotopic (exact) mass is 370 g/mol. The Hall–Kier alpha value is -2.20. The van der Waals surface area contributed by atoms with Crippen LogP contribution in [0.15, 0.2) is 0 Å². The van der Waals surface area contributed by atoms with Crippen LogP contribution < -0.4 is 5.32 Å². The lowest BCUT2D eigenvalue weighted by molar-refractivity contribution is -0.197. The summed E-state index contributed by atoms with van der Waals surface area (Å²) in [4.78, 5) is 55.0. The number of piperazine rings is 1. The van der Waals surface area contributed by atoms with E-state index < -0.39 is 23.9 Å². The molecule has 0 aromatic rings. The van der Waals surface area contributed by atoms with Crippen molar-refractivity contribution in [2.45, 2.75) is 25.7 Å². The maximum Gasteiger partial charge on any atom is 0.407 e. The average Bonchev–Trinajstić information content (AvgIpc) is 2.92. The number of amides is 3. The summed E-state index contributed by atoms with van der Waals surface area (Å²) in [6, 6.07) is 0. The maximum atomic E-state index is 11.6. The molecule has 0 atom stereocenters. The predicted molar refractivity (Wildman–Crippen MR) is 89.7 cm³/mol. The zero-order chi connectivity index (χ0) is 18.9. The number of carbonyl (C=O) groups excluding carboxylic acids is 4. The molecule has 2 saturated heterocycles. The van der Waals surface area contributed by atoms with Gasteiger partial charge in [0.2, 0.25) is 0 Å². The summed E-state index contributed by atoms with van der Waals surface area (Å²) >= 11 is 0. The first-order chi connectivity index (χ1) is 12.5. The molecule has 1 N–H and O–H groups in total. The molecule has 0 unspecified atom stereocenters. The molecule has 146 valence electrons. The lowest BCUT2D eigenvalue weighted by atomic mass is 10.3. The standard InChI is InChI=1S/C16H26N4O6/c1-18-8-10-19(11-9-18)7-2-12-25-16(24)17-6-5-15(23)26-20-13(21)3-4-14(20)22/h2-12H2,1H3,(H,17,24). The number of nitrogens with one attached hydrogen (secondary N) is 1. The van der Waals surface area contributed by atoms with Gasteiger partial charge in [-0.15, -0.1) is 5.06 Å². The summed E-state index contributed by atoms with van der Waals surface area (Å²) in [6.07, 6.45) is 0.0751. The molecule has 10 nitrogen and oxygen atoms in total. The highest BCUT2D eigenvalue weighted by Crippen LogP contribution is 2.12. The second-order valence-corrected chi connectivity index (χ2v) is 6.36.